The maximum atomic E-state index is 10.1. The molecular formula is C18H15FeNa6O21. The van der Waals surface area contributed by atoms with Crippen LogP contribution in [-0.4, -0.2) is 85.8 Å². The van der Waals surface area contributed by atoms with Gasteiger partial charge in [0.1, 0.15) is 16.8 Å². The molecule has 0 amide bonds. The van der Waals surface area contributed by atoms with Crippen LogP contribution in [0.15, 0.2) is 0 Å². The number of hydrogen-bond acceptors (Lipinski definition) is 21. The molecule has 1 radical (unpaired) electrons. The third-order valence-corrected chi connectivity index (χ3v) is 3.76. The van der Waals surface area contributed by atoms with E-state index in [2.05, 4.69) is 0 Å². The molecule has 0 aliphatic rings. The van der Waals surface area contributed by atoms with Crippen molar-refractivity contribution < 1.29 is 299 Å². The molecule has 0 aliphatic carbocycles. The number of aliphatic carboxylic acids is 9. The summed E-state index contributed by atoms with van der Waals surface area (Å²) in [5.41, 5.74) is -8.92. The molecule has 0 aliphatic heterocycles. The van der Waals surface area contributed by atoms with Gasteiger partial charge in [-0.15, -0.1) is 0 Å². The van der Waals surface area contributed by atoms with Gasteiger partial charge in [-0.1, -0.05) is 0 Å². The predicted molar refractivity (Wildman–Crippen MR) is 87.6 cm³/mol. The van der Waals surface area contributed by atoms with Crippen molar-refractivity contribution in [3.63, 3.8) is 0 Å². The SMILES string of the molecule is O=C([O-])CC(O)(CC(=O)[O-])C(=O)[O-].O=C([O-])CC(O)(CC(=O)[O-])C(=O)[O-].O=C([O-])CC(O)(CC(=O)[O-])C(=O)[O-].[Fe+3].[Na+].[Na+].[Na+].[Na+].[Na+].[Na+]. The Balaban J connectivity index is -0.0000000491. The summed E-state index contributed by atoms with van der Waals surface area (Å²) in [4.78, 5) is 90.0. The van der Waals surface area contributed by atoms with E-state index in [1.165, 1.54) is 0 Å². The van der Waals surface area contributed by atoms with Crippen LogP contribution in [0.25, 0.3) is 0 Å². The second kappa shape index (κ2) is 35.1. The zero-order valence-electron chi connectivity index (χ0n) is 25.3. The molecule has 0 fully saturated rings. The van der Waals surface area contributed by atoms with Crippen LogP contribution in [0.2, 0.25) is 0 Å². The van der Waals surface area contributed by atoms with Crippen LogP contribution in [0.1, 0.15) is 38.5 Å². The van der Waals surface area contributed by atoms with Crippen LogP contribution >= 0.6 is 0 Å². The number of aliphatic hydroxyl groups is 3. The minimum Gasteiger partial charge on any atom is -0.550 e. The molecule has 0 rings (SSSR count). The second-order valence-electron chi connectivity index (χ2n) is 7.25. The Bertz CT molecular complexity index is 838. The van der Waals surface area contributed by atoms with E-state index in [1.807, 2.05) is 0 Å². The van der Waals surface area contributed by atoms with Gasteiger partial charge in [0.15, 0.2) is 0 Å². The van der Waals surface area contributed by atoms with Crippen molar-refractivity contribution in [1.29, 1.82) is 0 Å². The van der Waals surface area contributed by atoms with Crippen molar-refractivity contribution in [1.82, 2.24) is 0 Å². The molecule has 21 nitrogen and oxygen atoms in total. The second-order valence-corrected chi connectivity index (χ2v) is 7.25. The summed E-state index contributed by atoms with van der Waals surface area (Å²) in [6, 6.07) is 0. The van der Waals surface area contributed by atoms with Crippen LogP contribution < -0.4 is 223 Å². The fourth-order valence-electron chi connectivity index (χ4n) is 2.05. The zero-order valence-corrected chi connectivity index (χ0v) is 38.4. The molecule has 0 heterocycles. The molecule has 46 heavy (non-hydrogen) atoms. The van der Waals surface area contributed by atoms with Gasteiger partial charge < -0.3 is 104 Å². The molecule has 28 heteroatoms. The van der Waals surface area contributed by atoms with Gasteiger partial charge in [-0.05, 0) is 0 Å². The Morgan fingerprint density at radius 3 is 0.457 bits per heavy atom. The summed E-state index contributed by atoms with van der Waals surface area (Å²) < 4.78 is 0. The molecular weight excluding hydrogens is 746 g/mol. The van der Waals surface area contributed by atoms with Crippen LogP contribution in [0.3, 0.4) is 0 Å². The fraction of sp³-hybridized carbons (Fsp3) is 0.500. The van der Waals surface area contributed by atoms with Crippen molar-refractivity contribution in [3.8, 4) is 0 Å². The van der Waals surface area contributed by atoms with Gasteiger partial charge in [-0.25, -0.2) is 0 Å². The molecule has 3 N–H and O–H groups in total. The predicted octanol–water partition coefficient (Wildman–Crippen LogP) is -33.7. The van der Waals surface area contributed by atoms with Crippen LogP contribution in [0, 0.1) is 0 Å². The summed E-state index contributed by atoms with van der Waals surface area (Å²) in [6.07, 6.45) is -8.15. The standard InChI is InChI=1S/3C6H8O7.Fe.6Na/c3*7-3(8)1-6(13,5(11)12)2-4(9)10;;;;;;;/h3*13H,1-2H2,(H,7,8)(H,9,10)(H,11,12);;;;;;;/q;;;+3;6*+1/p-9. The van der Waals surface area contributed by atoms with Gasteiger partial charge in [-0.3, -0.25) is 0 Å². The Labute approximate surface area is 401 Å². The van der Waals surface area contributed by atoms with Gasteiger partial charge in [0, 0.05) is 74.3 Å². The van der Waals surface area contributed by atoms with E-state index in [1.54, 1.807) is 0 Å². The topological polar surface area (TPSA) is 422 Å². The Morgan fingerprint density at radius 1 is 0.326 bits per heavy atom. The molecule has 0 saturated heterocycles. The average molecular weight is 761 g/mol. The summed E-state index contributed by atoms with van der Waals surface area (Å²) in [5, 5.41) is 117. The van der Waals surface area contributed by atoms with E-state index in [9.17, 15) is 89.1 Å². The number of carboxylic acids is 9. The molecule has 0 atom stereocenters. The van der Waals surface area contributed by atoms with Crippen LogP contribution in [0.4, 0.5) is 0 Å². The van der Waals surface area contributed by atoms with E-state index in [0.717, 1.165) is 0 Å². The van der Waals surface area contributed by atoms with Crippen molar-refractivity contribution in [3.05, 3.63) is 0 Å². The molecule has 0 aromatic carbocycles. The molecule has 0 unspecified atom stereocenters. The van der Waals surface area contributed by atoms with Gasteiger partial charge in [-0.2, -0.15) is 0 Å². The third kappa shape index (κ3) is 36.9. The number of hydrogen-bond donors (Lipinski definition) is 3. The van der Waals surface area contributed by atoms with Crippen LogP contribution in [0.5, 0.6) is 0 Å². The van der Waals surface area contributed by atoms with E-state index in [-0.39, 0.29) is 194 Å². The first kappa shape index (κ1) is 73.1. The van der Waals surface area contributed by atoms with E-state index in [0.29, 0.717) is 0 Å². The van der Waals surface area contributed by atoms with E-state index >= 15 is 0 Å². The minimum atomic E-state index is -2.97. The molecule has 0 aromatic rings. The quantitative estimate of drug-likeness (QED) is 0.130. The largest absolute Gasteiger partial charge is 3.00 e. The fourth-order valence-corrected chi connectivity index (χ4v) is 2.05. The first-order valence-electron chi connectivity index (χ1n) is 9.34. The Hall–Kier alpha value is 1.63. The Kier molecular flexibility index (Phi) is 55.7. The summed E-state index contributed by atoms with van der Waals surface area (Å²) >= 11 is 0. The van der Waals surface area contributed by atoms with Crippen molar-refractivity contribution >= 4 is 53.7 Å². The summed E-state index contributed by atoms with van der Waals surface area (Å²) in [6.45, 7) is 0. The Morgan fingerprint density at radius 2 is 0.413 bits per heavy atom. The summed E-state index contributed by atoms with van der Waals surface area (Å²) in [7, 11) is 0. The number of carboxylic acid groups (broad SMARTS) is 9. The van der Waals surface area contributed by atoms with Crippen molar-refractivity contribution in [2.75, 3.05) is 0 Å². The van der Waals surface area contributed by atoms with Gasteiger partial charge in [0.05, 0.1) is 17.9 Å². The van der Waals surface area contributed by atoms with E-state index in [4.69, 9.17) is 15.3 Å². The first-order valence-corrected chi connectivity index (χ1v) is 9.34. The smallest absolute Gasteiger partial charge is 0.550 e. The van der Waals surface area contributed by atoms with Crippen molar-refractivity contribution in [2.24, 2.45) is 0 Å². The third-order valence-electron chi connectivity index (χ3n) is 3.76. The van der Waals surface area contributed by atoms with Crippen molar-refractivity contribution in [2.45, 2.75) is 55.3 Å². The molecule has 0 spiro atoms. The van der Waals surface area contributed by atoms with Gasteiger partial charge in [0.2, 0.25) is 0 Å². The first-order chi connectivity index (χ1) is 17.3. The monoisotopic (exact) mass is 761 g/mol. The molecule has 0 aromatic heterocycles. The van der Waals surface area contributed by atoms with Crippen LogP contribution in [-0.2, 0) is 60.2 Å². The van der Waals surface area contributed by atoms with Gasteiger partial charge >= 0.3 is 194 Å². The average Bonchev–Trinajstić information content (AvgIpc) is 2.64. The zero-order chi connectivity index (χ0) is 31.9. The minimum absolute atomic E-state index is 0. The maximum Gasteiger partial charge on any atom is 3.00 e. The van der Waals surface area contributed by atoms with E-state index < -0.39 is 109 Å². The number of carbonyl (C=O) groups is 9. The normalized spacial score (nSPS) is 9.20. The van der Waals surface area contributed by atoms with Gasteiger partial charge in [0.25, 0.3) is 0 Å². The summed E-state index contributed by atoms with van der Waals surface area (Å²) in [5.74, 6) is -18.0. The molecule has 0 bridgehead atoms. The number of carbonyl (C=O) groups excluding carboxylic acids is 9. The maximum absolute atomic E-state index is 10.1. The molecule has 0 saturated carbocycles. The molecule has 227 valence electrons. The number of rotatable bonds is 15.